The van der Waals surface area contributed by atoms with Crippen molar-refractivity contribution >= 4 is 44.3 Å². The first kappa shape index (κ1) is 14.3. The fourth-order valence-corrected chi connectivity index (χ4v) is 3.40. The number of halogens is 3. The minimum atomic E-state index is -0.0544. The molecule has 90 valence electrons. The average molecular weight is 372 g/mol. The summed E-state index contributed by atoms with van der Waals surface area (Å²) in [7, 11) is 0. The van der Waals surface area contributed by atoms with Crippen LogP contribution in [-0.4, -0.2) is 5.11 Å². The van der Waals surface area contributed by atoms with Gasteiger partial charge in [-0.3, -0.25) is 0 Å². The highest BCUT2D eigenvalue weighted by Crippen LogP contribution is 2.42. The van der Waals surface area contributed by atoms with Gasteiger partial charge in [0.05, 0.1) is 0 Å². The van der Waals surface area contributed by atoms with E-state index in [0.29, 0.717) is 5.92 Å². The average Bonchev–Trinajstić information content (AvgIpc) is 1.97. The normalized spacial score (nSPS) is 17.4. The molecule has 0 spiro atoms. The third-order valence-corrected chi connectivity index (χ3v) is 4.18. The van der Waals surface area contributed by atoms with Gasteiger partial charge >= 0.3 is 0 Å². The molecular formula is C11H14Br2ClNO. The zero-order valence-electron chi connectivity index (χ0n) is 8.62. The van der Waals surface area contributed by atoms with Crippen LogP contribution in [0.3, 0.4) is 0 Å². The molecule has 0 unspecified atom stereocenters. The Kier molecular flexibility index (Phi) is 5.10. The summed E-state index contributed by atoms with van der Waals surface area (Å²) in [4.78, 5) is 0. The Morgan fingerprint density at radius 1 is 1.31 bits per heavy atom. The van der Waals surface area contributed by atoms with Crippen molar-refractivity contribution in [3.05, 3.63) is 26.6 Å². The zero-order valence-corrected chi connectivity index (χ0v) is 12.6. The largest absolute Gasteiger partial charge is 0.508 e. The lowest BCUT2D eigenvalue weighted by atomic mass is 9.77. The first-order valence-electron chi connectivity index (χ1n) is 5.03. The van der Waals surface area contributed by atoms with Crippen LogP contribution in [0, 0.1) is 5.92 Å². The third kappa shape index (κ3) is 2.73. The van der Waals surface area contributed by atoms with Crippen molar-refractivity contribution in [2.45, 2.75) is 25.3 Å². The molecule has 0 heterocycles. The van der Waals surface area contributed by atoms with E-state index in [1.807, 2.05) is 6.07 Å². The zero-order chi connectivity index (χ0) is 11.0. The fourth-order valence-electron chi connectivity index (χ4n) is 1.94. The highest BCUT2D eigenvalue weighted by atomic mass is 79.9. The predicted octanol–water partition coefficient (Wildman–Crippen LogP) is 4.14. The molecule has 0 bridgehead atoms. The molecule has 3 N–H and O–H groups in total. The highest BCUT2D eigenvalue weighted by molar-refractivity contribution is 9.11. The Balaban J connectivity index is 0.00000128. The molecule has 1 atom stereocenters. The molecule has 0 amide bonds. The smallest absolute Gasteiger partial charge is 0.122 e. The van der Waals surface area contributed by atoms with Gasteiger partial charge in [-0.1, -0.05) is 38.3 Å². The molecule has 1 aliphatic rings. The molecule has 0 radical (unpaired) electrons. The molecule has 0 aromatic heterocycles. The molecule has 1 aromatic carbocycles. The summed E-state index contributed by atoms with van der Waals surface area (Å²) in [5.41, 5.74) is 6.98. The quantitative estimate of drug-likeness (QED) is 0.821. The van der Waals surface area contributed by atoms with Crippen molar-refractivity contribution < 1.29 is 5.11 Å². The highest BCUT2D eigenvalue weighted by Gasteiger charge is 2.28. The van der Waals surface area contributed by atoms with E-state index >= 15 is 0 Å². The summed E-state index contributed by atoms with van der Waals surface area (Å²) in [6.45, 7) is 0. The Labute approximate surface area is 118 Å². The number of phenolic OH excluding ortho intramolecular Hbond substituents is 1. The van der Waals surface area contributed by atoms with Gasteiger partial charge in [0, 0.05) is 20.6 Å². The number of phenols is 1. The van der Waals surface area contributed by atoms with Crippen molar-refractivity contribution in [1.29, 1.82) is 0 Å². The second kappa shape index (κ2) is 5.71. The third-order valence-electron chi connectivity index (χ3n) is 3.06. The summed E-state index contributed by atoms with van der Waals surface area (Å²) >= 11 is 6.78. The molecular weight excluding hydrogens is 357 g/mol. The van der Waals surface area contributed by atoms with Crippen LogP contribution in [0.4, 0.5) is 0 Å². The minimum absolute atomic E-state index is 0. The summed E-state index contributed by atoms with van der Waals surface area (Å²) in [5, 5.41) is 9.87. The SMILES string of the molecule is Cl.N[C@H](c1c(O)cc(Br)cc1Br)C1CCC1. The van der Waals surface area contributed by atoms with Crippen molar-refractivity contribution in [2.24, 2.45) is 11.7 Å². The van der Waals surface area contributed by atoms with E-state index < -0.39 is 0 Å². The topological polar surface area (TPSA) is 46.2 Å². The molecule has 1 aliphatic carbocycles. The lowest BCUT2D eigenvalue weighted by molar-refractivity contribution is 0.260. The maximum absolute atomic E-state index is 9.87. The summed E-state index contributed by atoms with van der Waals surface area (Å²) < 4.78 is 1.74. The van der Waals surface area contributed by atoms with Crippen LogP contribution in [0.25, 0.3) is 0 Å². The van der Waals surface area contributed by atoms with Gasteiger partial charge in [0.1, 0.15) is 5.75 Å². The van der Waals surface area contributed by atoms with E-state index in [2.05, 4.69) is 31.9 Å². The van der Waals surface area contributed by atoms with Crippen LogP contribution in [0.15, 0.2) is 21.1 Å². The molecule has 1 fully saturated rings. The van der Waals surface area contributed by atoms with E-state index in [0.717, 1.165) is 14.5 Å². The molecule has 16 heavy (non-hydrogen) atoms. The van der Waals surface area contributed by atoms with E-state index in [9.17, 15) is 5.11 Å². The fraction of sp³-hybridized carbons (Fsp3) is 0.455. The van der Waals surface area contributed by atoms with Gasteiger partial charge in [0.15, 0.2) is 0 Å². The van der Waals surface area contributed by atoms with Crippen LogP contribution >= 0.6 is 44.3 Å². The Morgan fingerprint density at radius 3 is 2.38 bits per heavy atom. The van der Waals surface area contributed by atoms with Gasteiger partial charge in [-0.2, -0.15) is 0 Å². The standard InChI is InChI=1S/C11H13Br2NO.ClH/c12-7-4-8(13)10(9(15)5-7)11(14)6-2-1-3-6;/h4-6,11,15H,1-3,14H2;1H/t11-;/m0./s1. The number of hydrogen-bond acceptors (Lipinski definition) is 2. The van der Waals surface area contributed by atoms with Gasteiger partial charge in [0.25, 0.3) is 0 Å². The molecule has 1 aromatic rings. The molecule has 1 saturated carbocycles. The molecule has 5 heteroatoms. The second-order valence-corrected chi connectivity index (χ2v) is 5.81. The maximum Gasteiger partial charge on any atom is 0.122 e. The van der Waals surface area contributed by atoms with Crippen molar-refractivity contribution in [3.63, 3.8) is 0 Å². The van der Waals surface area contributed by atoms with Crippen LogP contribution in [0.1, 0.15) is 30.9 Å². The van der Waals surface area contributed by atoms with Gasteiger partial charge < -0.3 is 10.8 Å². The Bertz CT molecular complexity index is 359. The minimum Gasteiger partial charge on any atom is -0.508 e. The molecule has 2 rings (SSSR count). The van der Waals surface area contributed by atoms with E-state index in [-0.39, 0.29) is 24.2 Å². The first-order chi connectivity index (χ1) is 7.09. The van der Waals surface area contributed by atoms with Crippen LogP contribution in [0.2, 0.25) is 0 Å². The van der Waals surface area contributed by atoms with Crippen molar-refractivity contribution in [1.82, 2.24) is 0 Å². The number of aromatic hydroxyl groups is 1. The van der Waals surface area contributed by atoms with Crippen molar-refractivity contribution in [2.75, 3.05) is 0 Å². The van der Waals surface area contributed by atoms with E-state index in [1.54, 1.807) is 6.07 Å². The Hall–Kier alpha value is 0.230. The monoisotopic (exact) mass is 369 g/mol. The van der Waals surface area contributed by atoms with Gasteiger partial charge in [-0.05, 0) is 30.9 Å². The van der Waals surface area contributed by atoms with Crippen molar-refractivity contribution in [3.8, 4) is 5.75 Å². The second-order valence-electron chi connectivity index (χ2n) is 4.04. The number of hydrogen-bond donors (Lipinski definition) is 2. The summed E-state index contributed by atoms with van der Waals surface area (Å²) in [5.74, 6) is 0.795. The molecule has 0 saturated heterocycles. The van der Waals surface area contributed by atoms with Gasteiger partial charge in [-0.15, -0.1) is 12.4 Å². The molecule has 0 aliphatic heterocycles. The van der Waals surface area contributed by atoms with Crippen LogP contribution < -0.4 is 5.73 Å². The van der Waals surface area contributed by atoms with Gasteiger partial charge in [-0.25, -0.2) is 0 Å². The lowest BCUT2D eigenvalue weighted by Crippen LogP contribution is -2.27. The lowest BCUT2D eigenvalue weighted by Gasteiger charge is -2.32. The number of nitrogens with two attached hydrogens (primary N) is 1. The first-order valence-corrected chi connectivity index (χ1v) is 6.61. The van der Waals surface area contributed by atoms with Crippen LogP contribution in [-0.2, 0) is 0 Å². The summed E-state index contributed by atoms with van der Waals surface area (Å²) in [6, 6.07) is 3.56. The number of rotatable bonds is 2. The summed E-state index contributed by atoms with van der Waals surface area (Å²) in [6.07, 6.45) is 3.60. The Morgan fingerprint density at radius 2 is 1.94 bits per heavy atom. The van der Waals surface area contributed by atoms with Crippen LogP contribution in [0.5, 0.6) is 5.75 Å². The van der Waals surface area contributed by atoms with Gasteiger partial charge in [0.2, 0.25) is 0 Å². The van der Waals surface area contributed by atoms with E-state index in [1.165, 1.54) is 19.3 Å². The predicted molar refractivity (Wildman–Crippen MR) is 75.0 cm³/mol. The maximum atomic E-state index is 9.87. The molecule has 2 nitrogen and oxygen atoms in total. The number of benzene rings is 1. The van der Waals surface area contributed by atoms with E-state index in [4.69, 9.17) is 5.73 Å².